The van der Waals surface area contributed by atoms with Crippen LogP contribution < -0.4 is 0 Å². The van der Waals surface area contributed by atoms with Crippen LogP contribution in [0, 0.1) is 28.6 Å². The maximum absolute atomic E-state index is 11.8. The van der Waals surface area contributed by atoms with Crippen molar-refractivity contribution in [2.24, 2.45) is 28.6 Å². The number of fused-ring (bicyclic) bond motifs is 5. The van der Waals surface area contributed by atoms with Gasteiger partial charge in [0.15, 0.2) is 5.78 Å². The van der Waals surface area contributed by atoms with E-state index in [-0.39, 0.29) is 23.7 Å². The van der Waals surface area contributed by atoms with Crippen molar-refractivity contribution < 1.29 is 14.6 Å². The van der Waals surface area contributed by atoms with Crippen molar-refractivity contribution in [3.05, 3.63) is 23.8 Å². The number of hydrogen-bond acceptors (Lipinski definition) is 3. The lowest BCUT2D eigenvalue weighted by atomic mass is 9.49. The molecule has 3 nitrogen and oxygen atoms in total. The number of hydrogen-bond donors (Lipinski definition) is 1. The van der Waals surface area contributed by atoms with E-state index in [9.17, 15) is 9.90 Å². The van der Waals surface area contributed by atoms with Gasteiger partial charge in [-0.15, -0.1) is 0 Å². The van der Waals surface area contributed by atoms with Crippen LogP contribution in [-0.2, 0) is 9.53 Å². The number of carbonyl (C=O) groups is 1. The molecule has 0 bridgehead atoms. The Bertz CT molecular complexity index is 577. The molecule has 0 aliphatic heterocycles. The molecule has 0 aromatic carbocycles. The number of carbonyl (C=O) groups excluding carboxylic acids is 1. The fraction of sp³-hybridized carbons (Fsp3) is 0.750. The standard InChI is InChI=1S/C20H28O3/c1-19-9-7-14(22)11-13(19)3-4-15-16-5-6-18(23-12-21)20(16,2)10-8-17(15)19/h3-4,11,15-18,21H,5-10,12H2,1-2H3. The van der Waals surface area contributed by atoms with Gasteiger partial charge in [0.05, 0.1) is 6.10 Å². The molecule has 0 aromatic rings. The zero-order valence-electron chi connectivity index (χ0n) is 14.3. The molecule has 3 heteroatoms. The molecule has 0 heterocycles. The van der Waals surface area contributed by atoms with Crippen molar-refractivity contribution in [3.63, 3.8) is 0 Å². The summed E-state index contributed by atoms with van der Waals surface area (Å²) < 4.78 is 5.68. The topological polar surface area (TPSA) is 46.5 Å². The van der Waals surface area contributed by atoms with E-state index in [0.29, 0.717) is 30.0 Å². The van der Waals surface area contributed by atoms with Crippen molar-refractivity contribution in [2.45, 2.75) is 58.5 Å². The van der Waals surface area contributed by atoms with Gasteiger partial charge in [0.25, 0.3) is 0 Å². The third kappa shape index (κ3) is 2.12. The van der Waals surface area contributed by atoms with Gasteiger partial charge < -0.3 is 9.84 Å². The summed E-state index contributed by atoms with van der Waals surface area (Å²) >= 11 is 0. The monoisotopic (exact) mass is 316 g/mol. The van der Waals surface area contributed by atoms with Crippen LogP contribution in [0.2, 0.25) is 0 Å². The minimum atomic E-state index is -0.163. The van der Waals surface area contributed by atoms with Crippen molar-refractivity contribution >= 4 is 5.78 Å². The van der Waals surface area contributed by atoms with Crippen molar-refractivity contribution in [1.82, 2.24) is 0 Å². The van der Waals surface area contributed by atoms with E-state index in [4.69, 9.17) is 4.74 Å². The first-order valence-corrected chi connectivity index (χ1v) is 9.15. The summed E-state index contributed by atoms with van der Waals surface area (Å²) in [5, 5.41) is 9.21. The predicted octanol–water partition coefficient (Wildman–Crippen LogP) is 3.63. The van der Waals surface area contributed by atoms with Gasteiger partial charge in [-0.25, -0.2) is 0 Å². The smallest absolute Gasteiger partial charge is 0.156 e. The van der Waals surface area contributed by atoms with Crippen molar-refractivity contribution in [2.75, 3.05) is 6.79 Å². The van der Waals surface area contributed by atoms with Gasteiger partial charge in [0.1, 0.15) is 6.79 Å². The van der Waals surface area contributed by atoms with E-state index in [1.54, 1.807) is 0 Å². The lowest BCUT2D eigenvalue weighted by Gasteiger charge is -2.55. The van der Waals surface area contributed by atoms with E-state index in [2.05, 4.69) is 26.0 Å². The zero-order chi connectivity index (χ0) is 16.2. The molecule has 0 saturated heterocycles. The number of aliphatic hydroxyl groups excluding tert-OH is 1. The Hall–Kier alpha value is -0.930. The van der Waals surface area contributed by atoms with Gasteiger partial charge in [-0.3, -0.25) is 4.79 Å². The van der Waals surface area contributed by atoms with Crippen LogP contribution >= 0.6 is 0 Å². The normalized spacial score (nSPS) is 48.5. The summed E-state index contributed by atoms with van der Waals surface area (Å²) in [5.74, 6) is 2.18. The third-order valence-electron chi connectivity index (χ3n) is 7.70. The largest absolute Gasteiger partial charge is 0.371 e. The van der Waals surface area contributed by atoms with Gasteiger partial charge >= 0.3 is 0 Å². The highest BCUT2D eigenvalue weighted by atomic mass is 16.6. The Morgan fingerprint density at radius 3 is 2.83 bits per heavy atom. The van der Waals surface area contributed by atoms with Gasteiger partial charge in [-0.2, -0.15) is 0 Å². The van der Waals surface area contributed by atoms with E-state index in [1.165, 1.54) is 24.8 Å². The van der Waals surface area contributed by atoms with Gasteiger partial charge in [-0.1, -0.05) is 26.0 Å². The molecule has 6 atom stereocenters. The molecule has 0 aromatic heterocycles. The summed E-state index contributed by atoms with van der Waals surface area (Å²) in [7, 11) is 0. The maximum atomic E-state index is 11.8. The fourth-order valence-corrected chi connectivity index (χ4v) is 6.31. The molecule has 1 N–H and O–H groups in total. The fourth-order valence-electron chi connectivity index (χ4n) is 6.31. The number of ether oxygens (including phenoxy) is 1. The summed E-state index contributed by atoms with van der Waals surface area (Å²) in [6, 6.07) is 0. The molecule has 6 unspecified atom stereocenters. The second-order valence-electron chi connectivity index (χ2n) is 8.54. The average molecular weight is 316 g/mol. The second kappa shape index (κ2) is 5.29. The van der Waals surface area contributed by atoms with E-state index < -0.39 is 0 Å². The van der Waals surface area contributed by atoms with Crippen LogP contribution in [-0.4, -0.2) is 23.8 Å². The van der Waals surface area contributed by atoms with E-state index in [0.717, 1.165) is 12.8 Å². The van der Waals surface area contributed by atoms with Gasteiger partial charge in [0, 0.05) is 6.42 Å². The first kappa shape index (κ1) is 15.6. The van der Waals surface area contributed by atoms with E-state index in [1.807, 2.05) is 6.08 Å². The molecule has 23 heavy (non-hydrogen) atoms. The highest BCUT2D eigenvalue weighted by Crippen LogP contribution is 2.63. The molecule has 2 fully saturated rings. The first-order valence-electron chi connectivity index (χ1n) is 9.15. The summed E-state index contributed by atoms with van der Waals surface area (Å²) in [4.78, 5) is 11.8. The highest BCUT2D eigenvalue weighted by Gasteiger charge is 2.58. The lowest BCUT2D eigenvalue weighted by molar-refractivity contribution is -0.122. The lowest BCUT2D eigenvalue weighted by Crippen LogP contribution is -2.50. The van der Waals surface area contributed by atoms with Gasteiger partial charge in [-0.05, 0) is 72.3 Å². The first-order chi connectivity index (χ1) is 11.0. The van der Waals surface area contributed by atoms with Crippen LogP contribution in [0.5, 0.6) is 0 Å². The molecule has 4 rings (SSSR count). The molecule has 0 spiro atoms. The van der Waals surface area contributed by atoms with Crippen molar-refractivity contribution in [1.29, 1.82) is 0 Å². The Labute approximate surface area is 138 Å². The Balaban J connectivity index is 1.68. The molecular weight excluding hydrogens is 288 g/mol. The molecule has 2 saturated carbocycles. The Morgan fingerprint density at radius 2 is 2.04 bits per heavy atom. The summed E-state index contributed by atoms with van der Waals surface area (Å²) in [6.07, 6.45) is 13.1. The van der Waals surface area contributed by atoms with Crippen LogP contribution in [0.25, 0.3) is 0 Å². The van der Waals surface area contributed by atoms with Crippen LogP contribution in [0.3, 0.4) is 0 Å². The quantitative estimate of drug-likeness (QED) is 0.791. The summed E-state index contributed by atoms with van der Waals surface area (Å²) in [6.45, 7) is 4.59. The maximum Gasteiger partial charge on any atom is 0.156 e. The second-order valence-corrected chi connectivity index (χ2v) is 8.54. The van der Waals surface area contributed by atoms with Crippen LogP contribution in [0.1, 0.15) is 52.4 Å². The minimum absolute atomic E-state index is 0.163. The molecule has 4 aliphatic carbocycles. The number of aliphatic hydroxyl groups is 1. The Kier molecular flexibility index (Phi) is 3.58. The highest BCUT2D eigenvalue weighted by molar-refractivity contribution is 5.92. The van der Waals surface area contributed by atoms with Crippen LogP contribution in [0.15, 0.2) is 23.8 Å². The molecule has 4 aliphatic rings. The van der Waals surface area contributed by atoms with E-state index >= 15 is 0 Å². The third-order valence-corrected chi connectivity index (χ3v) is 7.70. The van der Waals surface area contributed by atoms with Gasteiger partial charge in [0.2, 0.25) is 0 Å². The zero-order valence-corrected chi connectivity index (χ0v) is 14.3. The Morgan fingerprint density at radius 1 is 1.22 bits per heavy atom. The molecule has 0 radical (unpaired) electrons. The molecule has 0 amide bonds. The number of ketones is 1. The molecular formula is C20H28O3. The van der Waals surface area contributed by atoms with Crippen molar-refractivity contribution in [3.8, 4) is 0 Å². The van der Waals surface area contributed by atoms with Crippen LogP contribution in [0.4, 0.5) is 0 Å². The predicted molar refractivity (Wildman–Crippen MR) is 88.6 cm³/mol. The number of rotatable bonds is 2. The summed E-state index contributed by atoms with van der Waals surface area (Å²) in [5.41, 5.74) is 1.63. The minimum Gasteiger partial charge on any atom is -0.371 e. The number of allylic oxidation sites excluding steroid dienone is 4. The SMILES string of the molecule is CC12CCC(=O)C=C1C=CC1C2CCC2(C)C(OCO)CCC12. The molecule has 126 valence electrons. The average Bonchev–Trinajstić information content (AvgIpc) is 2.85.